The third-order valence-corrected chi connectivity index (χ3v) is 5.42. The molecule has 3 aromatic rings. The molecule has 5 nitrogen and oxygen atoms in total. The fourth-order valence-electron chi connectivity index (χ4n) is 3.33. The van der Waals surface area contributed by atoms with E-state index in [1.165, 1.54) is 10.5 Å². The van der Waals surface area contributed by atoms with E-state index in [0.29, 0.717) is 9.79 Å². The van der Waals surface area contributed by atoms with Gasteiger partial charge in [0.05, 0.1) is 18.9 Å². The summed E-state index contributed by atoms with van der Waals surface area (Å²) in [5.74, 6) is 0.829. The van der Waals surface area contributed by atoms with E-state index < -0.39 is 0 Å². The van der Waals surface area contributed by atoms with Crippen molar-refractivity contribution in [1.29, 1.82) is 0 Å². The number of nitrogens with zero attached hydrogens (tertiary/aromatic N) is 3. The molecule has 0 spiro atoms. The third kappa shape index (κ3) is 3.99. The first-order chi connectivity index (χ1) is 13.1. The van der Waals surface area contributed by atoms with Gasteiger partial charge >= 0.3 is 0 Å². The summed E-state index contributed by atoms with van der Waals surface area (Å²) in [6, 6.07) is 16.0. The quantitative estimate of drug-likeness (QED) is 0.683. The Kier molecular flexibility index (Phi) is 5.41. The Hall–Kier alpha value is -1.99. The first-order valence-electron chi connectivity index (χ1n) is 9.06. The maximum absolute atomic E-state index is 6.07. The van der Waals surface area contributed by atoms with Gasteiger partial charge in [-0.3, -0.25) is 4.57 Å². The van der Waals surface area contributed by atoms with Crippen LogP contribution < -0.4 is 4.90 Å². The first kappa shape index (κ1) is 18.4. The number of rotatable bonds is 4. The number of halogens is 1. The molecule has 1 fully saturated rings. The van der Waals surface area contributed by atoms with Crippen LogP contribution in [0.25, 0.3) is 17.1 Å². The van der Waals surface area contributed by atoms with Gasteiger partial charge in [0.25, 0.3) is 0 Å². The van der Waals surface area contributed by atoms with Crippen LogP contribution in [-0.4, -0.2) is 40.7 Å². The van der Waals surface area contributed by atoms with Crippen LogP contribution in [0.1, 0.15) is 5.56 Å². The van der Waals surface area contributed by atoms with Gasteiger partial charge in [0, 0.05) is 10.6 Å². The fourth-order valence-corrected chi connectivity index (χ4v) is 3.75. The predicted octanol–water partition coefficient (Wildman–Crippen LogP) is 2.90. The van der Waals surface area contributed by atoms with Crippen LogP contribution in [0.5, 0.6) is 0 Å². The lowest BCUT2D eigenvalue weighted by Crippen LogP contribution is -3.13. The van der Waals surface area contributed by atoms with Crippen LogP contribution in [-0.2, 0) is 11.4 Å². The zero-order valence-electron chi connectivity index (χ0n) is 15.2. The van der Waals surface area contributed by atoms with Crippen molar-refractivity contribution in [2.45, 2.75) is 13.6 Å². The normalized spacial score (nSPS) is 15.2. The molecule has 0 unspecified atom stereocenters. The number of hydrogen-bond donors (Lipinski definition) is 1. The fraction of sp³-hybridized carbons (Fsp3) is 0.300. The Labute approximate surface area is 168 Å². The molecule has 1 saturated heterocycles. The van der Waals surface area contributed by atoms with E-state index in [4.69, 9.17) is 33.7 Å². The van der Waals surface area contributed by atoms with Gasteiger partial charge in [-0.1, -0.05) is 23.7 Å². The molecule has 4 rings (SSSR count). The van der Waals surface area contributed by atoms with Gasteiger partial charge < -0.3 is 9.64 Å². The van der Waals surface area contributed by atoms with Gasteiger partial charge in [-0.15, -0.1) is 5.10 Å². The molecule has 0 radical (unpaired) electrons. The molecule has 0 bridgehead atoms. The summed E-state index contributed by atoms with van der Waals surface area (Å²) < 4.78 is 10.1. The monoisotopic (exact) mass is 401 g/mol. The van der Waals surface area contributed by atoms with E-state index in [1.807, 2.05) is 39.6 Å². The number of hydrogen-bond acceptors (Lipinski definition) is 3. The molecule has 0 amide bonds. The predicted molar refractivity (Wildman–Crippen MR) is 109 cm³/mol. The topological polar surface area (TPSA) is 36.4 Å². The second kappa shape index (κ2) is 7.94. The summed E-state index contributed by atoms with van der Waals surface area (Å²) in [5.41, 5.74) is 3.19. The number of nitrogens with one attached hydrogen (secondary N) is 1. The minimum atomic E-state index is 0.699. The molecule has 0 saturated carbocycles. The molecule has 27 heavy (non-hydrogen) atoms. The van der Waals surface area contributed by atoms with Crippen molar-refractivity contribution in [2.24, 2.45) is 0 Å². The molecule has 1 aliphatic heterocycles. The van der Waals surface area contributed by atoms with Crippen LogP contribution in [0.4, 0.5) is 0 Å². The van der Waals surface area contributed by atoms with E-state index in [0.717, 1.165) is 50.0 Å². The minimum absolute atomic E-state index is 0.699. The maximum atomic E-state index is 6.07. The van der Waals surface area contributed by atoms with E-state index in [2.05, 4.69) is 25.1 Å². The Morgan fingerprint density at radius 2 is 1.89 bits per heavy atom. The van der Waals surface area contributed by atoms with E-state index in [-0.39, 0.29) is 0 Å². The van der Waals surface area contributed by atoms with E-state index in [9.17, 15) is 0 Å². The summed E-state index contributed by atoms with van der Waals surface area (Å²) in [6.07, 6.45) is 0. The Morgan fingerprint density at radius 1 is 1.15 bits per heavy atom. The van der Waals surface area contributed by atoms with Gasteiger partial charge in [0.15, 0.2) is 12.5 Å². The van der Waals surface area contributed by atoms with Crippen LogP contribution in [0.3, 0.4) is 0 Å². The molecule has 2 heterocycles. The lowest BCUT2D eigenvalue weighted by molar-refractivity contribution is -0.930. The van der Waals surface area contributed by atoms with Crippen molar-refractivity contribution >= 4 is 23.8 Å². The van der Waals surface area contributed by atoms with E-state index >= 15 is 0 Å². The summed E-state index contributed by atoms with van der Waals surface area (Å²) in [6.45, 7) is 6.32. The molecule has 1 aromatic heterocycles. The SMILES string of the molecule is Cc1cccc(-n2c(-c3ccc(Cl)cc3)nn(C[NH+]3CCOCC3)c2=S)c1. The van der Waals surface area contributed by atoms with Gasteiger partial charge in [-0.05, 0) is 61.1 Å². The van der Waals surface area contributed by atoms with Crippen LogP contribution in [0.2, 0.25) is 5.02 Å². The highest BCUT2D eigenvalue weighted by atomic mass is 35.5. The molecule has 7 heteroatoms. The highest BCUT2D eigenvalue weighted by Gasteiger charge is 2.19. The van der Waals surface area contributed by atoms with Crippen molar-refractivity contribution in [1.82, 2.24) is 14.3 Å². The molecule has 1 N–H and O–H groups in total. The smallest absolute Gasteiger partial charge is 0.207 e. The first-order valence-corrected chi connectivity index (χ1v) is 9.84. The molecule has 140 valence electrons. The van der Waals surface area contributed by atoms with Crippen LogP contribution >= 0.6 is 23.8 Å². The average Bonchev–Trinajstić information content (AvgIpc) is 2.99. The number of aromatic nitrogens is 3. The second-order valence-corrected chi connectivity index (χ2v) is 7.61. The van der Waals surface area contributed by atoms with Crippen molar-refractivity contribution in [2.75, 3.05) is 26.3 Å². The maximum Gasteiger partial charge on any atom is 0.207 e. The average molecular weight is 402 g/mol. The third-order valence-electron chi connectivity index (χ3n) is 4.77. The largest absolute Gasteiger partial charge is 0.370 e. The Balaban J connectivity index is 1.81. The number of benzene rings is 2. The van der Waals surface area contributed by atoms with Gasteiger partial charge in [-0.25, -0.2) is 0 Å². The lowest BCUT2D eigenvalue weighted by Gasteiger charge is -2.23. The molecular weight excluding hydrogens is 380 g/mol. The van der Waals surface area contributed by atoms with E-state index in [1.54, 1.807) is 0 Å². The van der Waals surface area contributed by atoms with Crippen molar-refractivity contribution in [3.05, 3.63) is 63.9 Å². The van der Waals surface area contributed by atoms with Crippen molar-refractivity contribution < 1.29 is 9.64 Å². The summed E-state index contributed by atoms with van der Waals surface area (Å²) in [4.78, 5) is 1.42. The zero-order valence-corrected chi connectivity index (χ0v) is 16.8. The molecule has 2 aromatic carbocycles. The Morgan fingerprint density at radius 3 is 2.59 bits per heavy atom. The Bertz CT molecular complexity index is 990. The molecule has 0 atom stereocenters. The summed E-state index contributed by atoms with van der Waals surface area (Å²) in [5, 5.41) is 5.59. The number of morpholine rings is 1. The highest BCUT2D eigenvalue weighted by molar-refractivity contribution is 7.71. The number of ether oxygens (including phenoxy) is 1. The van der Waals surface area contributed by atoms with Crippen LogP contribution in [0, 0.1) is 11.7 Å². The summed E-state index contributed by atoms with van der Waals surface area (Å²) >= 11 is 11.9. The summed E-state index contributed by atoms with van der Waals surface area (Å²) in [7, 11) is 0. The standard InChI is InChI=1S/C20H21ClN4OS/c1-15-3-2-4-18(13-15)25-19(16-5-7-17(21)8-6-16)22-24(20(25)27)14-23-9-11-26-12-10-23/h2-8,13H,9-12,14H2,1H3/p+1. The number of aryl methyl sites for hydroxylation is 1. The van der Waals surface area contributed by atoms with Gasteiger partial charge in [0.1, 0.15) is 13.1 Å². The van der Waals surface area contributed by atoms with Gasteiger partial charge in [-0.2, -0.15) is 4.68 Å². The second-order valence-electron chi connectivity index (χ2n) is 6.81. The van der Waals surface area contributed by atoms with Gasteiger partial charge in [0.2, 0.25) is 4.77 Å². The highest BCUT2D eigenvalue weighted by Crippen LogP contribution is 2.24. The molecule has 1 aliphatic rings. The van der Waals surface area contributed by atoms with Crippen LogP contribution in [0.15, 0.2) is 48.5 Å². The molecular formula is C20H22ClN4OS+. The van der Waals surface area contributed by atoms with Crippen molar-refractivity contribution in [3.8, 4) is 17.1 Å². The molecule has 0 aliphatic carbocycles. The lowest BCUT2D eigenvalue weighted by atomic mass is 10.2. The number of quaternary nitrogens is 1. The zero-order chi connectivity index (χ0) is 18.8. The van der Waals surface area contributed by atoms with Crippen molar-refractivity contribution in [3.63, 3.8) is 0 Å². The minimum Gasteiger partial charge on any atom is -0.370 e.